The summed E-state index contributed by atoms with van der Waals surface area (Å²) in [5.41, 5.74) is 1.13. The lowest BCUT2D eigenvalue weighted by Crippen LogP contribution is -2.31. The number of aliphatic hydroxyl groups is 1. The normalized spacial score (nSPS) is 16.0. The summed E-state index contributed by atoms with van der Waals surface area (Å²) in [7, 11) is 3.27. The van der Waals surface area contributed by atoms with Crippen LogP contribution in [0.3, 0.4) is 0 Å². The van der Waals surface area contributed by atoms with E-state index in [2.05, 4.69) is 21.2 Å². The van der Waals surface area contributed by atoms with Crippen LogP contribution in [0, 0.1) is 5.92 Å². The van der Waals surface area contributed by atoms with E-state index in [1.807, 2.05) is 12.1 Å². The van der Waals surface area contributed by atoms with E-state index in [-0.39, 0.29) is 6.61 Å². The lowest BCUT2D eigenvalue weighted by Gasteiger charge is -2.18. The van der Waals surface area contributed by atoms with E-state index in [9.17, 15) is 0 Å². The van der Waals surface area contributed by atoms with E-state index in [0.717, 1.165) is 40.4 Å². The Morgan fingerprint density at radius 3 is 2.50 bits per heavy atom. The minimum Gasteiger partial charge on any atom is -0.493 e. The van der Waals surface area contributed by atoms with Crippen molar-refractivity contribution in [2.24, 2.45) is 5.92 Å². The van der Waals surface area contributed by atoms with E-state index in [1.165, 1.54) is 12.8 Å². The minimum atomic E-state index is 0.237. The molecule has 0 aromatic heterocycles. The van der Waals surface area contributed by atoms with Crippen LogP contribution in [-0.4, -0.2) is 32.0 Å². The van der Waals surface area contributed by atoms with Crippen LogP contribution >= 0.6 is 15.9 Å². The Morgan fingerprint density at radius 2 is 1.95 bits per heavy atom. The average molecular weight is 344 g/mol. The fraction of sp³-hybridized carbons (Fsp3) is 0.600. The van der Waals surface area contributed by atoms with E-state index < -0.39 is 0 Å². The van der Waals surface area contributed by atoms with E-state index in [1.54, 1.807) is 14.2 Å². The summed E-state index contributed by atoms with van der Waals surface area (Å²) in [5, 5.41) is 12.7. The van der Waals surface area contributed by atoms with E-state index in [0.29, 0.717) is 6.04 Å². The zero-order valence-electron chi connectivity index (χ0n) is 12.0. The molecule has 0 heterocycles. The summed E-state index contributed by atoms with van der Waals surface area (Å²) >= 11 is 3.57. The smallest absolute Gasteiger partial charge is 0.161 e. The molecular formula is C15H22BrNO3. The van der Waals surface area contributed by atoms with E-state index >= 15 is 0 Å². The Bertz CT molecular complexity index is 449. The van der Waals surface area contributed by atoms with Gasteiger partial charge in [0, 0.05) is 23.7 Å². The third-order valence-corrected chi connectivity index (χ3v) is 4.48. The SMILES string of the molecule is COc1cc(Br)c(CNC(CCO)C2CC2)cc1OC. The van der Waals surface area contributed by atoms with Crippen molar-refractivity contribution < 1.29 is 14.6 Å². The predicted octanol–water partition coefficient (Wildman–Crippen LogP) is 2.72. The molecule has 1 unspecified atom stereocenters. The number of rotatable bonds is 8. The van der Waals surface area contributed by atoms with Crippen molar-refractivity contribution in [2.75, 3.05) is 20.8 Å². The molecule has 1 fully saturated rings. The van der Waals surface area contributed by atoms with Crippen molar-refractivity contribution >= 4 is 15.9 Å². The van der Waals surface area contributed by atoms with Crippen molar-refractivity contribution in [3.63, 3.8) is 0 Å². The topological polar surface area (TPSA) is 50.7 Å². The third-order valence-electron chi connectivity index (χ3n) is 3.74. The summed E-state index contributed by atoms with van der Waals surface area (Å²) < 4.78 is 11.6. The maximum absolute atomic E-state index is 9.13. The first kappa shape index (κ1) is 15.6. The first-order chi connectivity index (χ1) is 9.69. The van der Waals surface area contributed by atoms with Crippen molar-refractivity contribution in [3.8, 4) is 11.5 Å². The zero-order valence-corrected chi connectivity index (χ0v) is 13.6. The Hall–Kier alpha value is -0.780. The molecule has 0 amide bonds. The maximum Gasteiger partial charge on any atom is 0.161 e. The highest BCUT2D eigenvalue weighted by Gasteiger charge is 2.30. The fourth-order valence-electron chi connectivity index (χ4n) is 2.41. The molecule has 2 N–H and O–H groups in total. The summed E-state index contributed by atoms with van der Waals surface area (Å²) in [6.07, 6.45) is 3.35. The molecule has 1 aliphatic rings. The molecule has 2 rings (SSSR count). The van der Waals surface area contributed by atoms with Crippen LogP contribution in [0.4, 0.5) is 0 Å². The van der Waals surface area contributed by atoms with Gasteiger partial charge in [0.1, 0.15) is 0 Å². The van der Waals surface area contributed by atoms with Gasteiger partial charge in [-0.25, -0.2) is 0 Å². The molecule has 1 aromatic rings. The summed E-state index contributed by atoms with van der Waals surface area (Å²) in [6.45, 7) is 0.989. The molecule has 20 heavy (non-hydrogen) atoms. The van der Waals surface area contributed by atoms with Crippen LogP contribution in [-0.2, 0) is 6.54 Å². The number of ether oxygens (including phenoxy) is 2. The number of hydrogen-bond donors (Lipinski definition) is 2. The molecule has 0 saturated heterocycles. The Labute approximate surface area is 128 Å². The van der Waals surface area contributed by atoms with Gasteiger partial charge in [-0.3, -0.25) is 0 Å². The van der Waals surface area contributed by atoms with Crippen LogP contribution in [0.1, 0.15) is 24.8 Å². The Morgan fingerprint density at radius 1 is 1.30 bits per heavy atom. The summed E-state index contributed by atoms with van der Waals surface area (Å²) in [6, 6.07) is 4.31. The van der Waals surface area contributed by atoms with Gasteiger partial charge in [-0.15, -0.1) is 0 Å². The third kappa shape index (κ3) is 3.87. The number of halogens is 1. The van der Waals surface area contributed by atoms with Gasteiger partial charge in [-0.1, -0.05) is 15.9 Å². The van der Waals surface area contributed by atoms with Gasteiger partial charge in [0.2, 0.25) is 0 Å². The second-order valence-corrected chi connectivity index (χ2v) is 5.99. The van der Waals surface area contributed by atoms with Crippen molar-refractivity contribution in [1.82, 2.24) is 5.32 Å². The predicted molar refractivity (Wildman–Crippen MR) is 82.3 cm³/mol. The molecule has 1 atom stereocenters. The van der Waals surface area contributed by atoms with Crippen molar-refractivity contribution in [3.05, 3.63) is 22.2 Å². The Kier molecular flexibility index (Phi) is 5.69. The second kappa shape index (κ2) is 7.29. The molecule has 0 spiro atoms. The van der Waals surface area contributed by atoms with Gasteiger partial charge in [-0.05, 0) is 42.9 Å². The van der Waals surface area contributed by atoms with Crippen molar-refractivity contribution in [1.29, 1.82) is 0 Å². The number of aliphatic hydroxyl groups excluding tert-OH is 1. The number of hydrogen-bond acceptors (Lipinski definition) is 4. The highest BCUT2D eigenvalue weighted by Crippen LogP contribution is 2.35. The number of nitrogens with one attached hydrogen (secondary N) is 1. The molecule has 4 nitrogen and oxygen atoms in total. The molecule has 1 aromatic carbocycles. The van der Waals surface area contributed by atoms with Gasteiger partial charge in [0.05, 0.1) is 14.2 Å². The largest absolute Gasteiger partial charge is 0.493 e. The lowest BCUT2D eigenvalue weighted by atomic mass is 10.1. The van der Waals surface area contributed by atoms with E-state index in [4.69, 9.17) is 14.6 Å². The monoisotopic (exact) mass is 343 g/mol. The van der Waals surface area contributed by atoms with Gasteiger partial charge in [-0.2, -0.15) is 0 Å². The first-order valence-corrected chi connectivity index (χ1v) is 7.73. The molecular weight excluding hydrogens is 322 g/mol. The molecule has 0 aliphatic heterocycles. The molecule has 112 valence electrons. The van der Waals surface area contributed by atoms with Crippen LogP contribution in [0.2, 0.25) is 0 Å². The van der Waals surface area contributed by atoms with Crippen LogP contribution in [0.25, 0.3) is 0 Å². The van der Waals surface area contributed by atoms with Gasteiger partial charge >= 0.3 is 0 Å². The highest BCUT2D eigenvalue weighted by atomic mass is 79.9. The molecule has 0 radical (unpaired) electrons. The quantitative estimate of drug-likeness (QED) is 0.761. The number of methoxy groups -OCH3 is 2. The van der Waals surface area contributed by atoms with Gasteiger partial charge in [0.25, 0.3) is 0 Å². The van der Waals surface area contributed by atoms with Crippen LogP contribution in [0.15, 0.2) is 16.6 Å². The van der Waals surface area contributed by atoms with Crippen molar-refractivity contribution in [2.45, 2.75) is 31.8 Å². The summed E-state index contributed by atoms with van der Waals surface area (Å²) in [5.74, 6) is 2.18. The van der Waals surface area contributed by atoms with Gasteiger partial charge in [0.15, 0.2) is 11.5 Å². The van der Waals surface area contributed by atoms with Crippen LogP contribution < -0.4 is 14.8 Å². The average Bonchev–Trinajstić information content (AvgIpc) is 3.28. The zero-order chi connectivity index (χ0) is 14.5. The maximum atomic E-state index is 9.13. The molecule has 0 bridgehead atoms. The fourth-order valence-corrected chi connectivity index (χ4v) is 2.88. The second-order valence-electron chi connectivity index (χ2n) is 5.14. The molecule has 1 aliphatic carbocycles. The molecule has 1 saturated carbocycles. The first-order valence-electron chi connectivity index (χ1n) is 6.94. The Balaban J connectivity index is 2.04. The highest BCUT2D eigenvalue weighted by molar-refractivity contribution is 9.10. The minimum absolute atomic E-state index is 0.237. The molecule has 5 heteroatoms. The van der Waals surface area contributed by atoms with Crippen LogP contribution in [0.5, 0.6) is 11.5 Å². The summed E-state index contributed by atoms with van der Waals surface area (Å²) in [4.78, 5) is 0. The number of benzene rings is 1. The standard InChI is InChI=1S/C15H22BrNO3/c1-19-14-7-11(12(16)8-15(14)20-2)9-17-13(5-6-18)10-3-4-10/h7-8,10,13,17-18H,3-6,9H2,1-2H3. The lowest BCUT2D eigenvalue weighted by molar-refractivity contribution is 0.255. The van der Waals surface area contributed by atoms with Gasteiger partial charge < -0.3 is 19.9 Å².